The number of amides is 1. The van der Waals surface area contributed by atoms with Crippen LogP contribution >= 0.6 is 0 Å². The summed E-state index contributed by atoms with van der Waals surface area (Å²) in [4.78, 5) is 15.3. The molecule has 0 unspecified atom stereocenters. The van der Waals surface area contributed by atoms with Crippen LogP contribution in [0.1, 0.15) is 19.8 Å². The fraction of sp³-hybridized carbons (Fsp3) is 0.400. The minimum atomic E-state index is 0.0145. The standard InChI is InChI=1S/C10H15N3O/c1-3-6-10(14)12-13(2)9-7-4-5-8-11-9/h4-5,7-8H,3,6H2,1-2H3,(H,12,14). The number of anilines is 1. The zero-order valence-electron chi connectivity index (χ0n) is 8.53. The second kappa shape index (κ2) is 5.21. The van der Waals surface area contributed by atoms with Crippen molar-refractivity contribution in [1.82, 2.24) is 10.4 Å². The maximum Gasteiger partial charge on any atom is 0.238 e. The largest absolute Gasteiger partial charge is 0.273 e. The van der Waals surface area contributed by atoms with Crippen LogP contribution in [0.4, 0.5) is 5.82 Å². The summed E-state index contributed by atoms with van der Waals surface area (Å²) in [6, 6.07) is 5.56. The van der Waals surface area contributed by atoms with E-state index < -0.39 is 0 Å². The first-order valence-electron chi connectivity index (χ1n) is 4.68. The van der Waals surface area contributed by atoms with Crippen LogP contribution in [0.2, 0.25) is 0 Å². The molecule has 0 aliphatic rings. The average molecular weight is 193 g/mol. The van der Waals surface area contributed by atoms with E-state index in [-0.39, 0.29) is 5.91 Å². The minimum Gasteiger partial charge on any atom is -0.273 e. The van der Waals surface area contributed by atoms with Crippen molar-refractivity contribution in [2.45, 2.75) is 19.8 Å². The minimum absolute atomic E-state index is 0.0145. The second-order valence-electron chi connectivity index (χ2n) is 3.03. The molecule has 0 fully saturated rings. The molecule has 0 spiro atoms. The highest BCUT2D eigenvalue weighted by molar-refractivity contribution is 5.77. The number of aromatic nitrogens is 1. The van der Waals surface area contributed by atoms with Crippen molar-refractivity contribution in [2.75, 3.05) is 12.1 Å². The lowest BCUT2D eigenvalue weighted by Crippen LogP contribution is -2.39. The van der Waals surface area contributed by atoms with Gasteiger partial charge in [0.1, 0.15) is 5.82 Å². The number of carbonyl (C=O) groups excluding carboxylic acids is 1. The first-order chi connectivity index (χ1) is 6.74. The molecule has 0 radical (unpaired) electrons. The monoisotopic (exact) mass is 193 g/mol. The SMILES string of the molecule is CCCC(=O)NN(C)c1ccccn1. The summed E-state index contributed by atoms with van der Waals surface area (Å²) in [5.74, 6) is 0.748. The molecule has 1 amide bonds. The number of rotatable bonds is 4. The molecular formula is C10H15N3O. The summed E-state index contributed by atoms with van der Waals surface area (Å²) in [7, 11) is 1.77. The molecule has 4 nitrogen and oxygen atoms in total. The quantitative estimate of drug-likeness (QED) is 0.734. The molecular weight excluding hydrogens is 178 g/mol. The molecule has 1 aromatic heterocycles. The van der Waals surface area contributed by atoms with Crippen LogP contribution in [-0.2, 0) is 4.79 Å². The molecule has 0 saturated heterocycles. The van der Waals surface area contributed by atoms with E-state index in [1.165, 1.54) is 0 Å². The van der Waals surface area contributed by atoms with Crippen LogP contribution in [0.25, 0.3) is 0 Å². The summed E-state index contributed by atoms with van der Waals surface area (Å²) in [5.41, 5.74) is 2.73. The van der Waals surface area contributed by atoms with Crippen LogP contribution in [0.5, 0.6) is 0 Å². The molecule has 1 N–H and O–H groups in total. The zero-order valence-corrected chi connectivity index (χ0v) is 8.53. The Morgan fingerprint density at radius 2 is 2.36 bits per heavy atom. The lowest BCUT2D eigenvalue weighted by atomic mass is 10.3. The third-order valence-electron chi connectivity index (χ3n) is 1.76. The van der Waals surface area contributed by atoms with Crippen LogP contribution in [0, 0.1) is 0 Å². The summed E-state index contributed by atoms with van der Waals surface area (Å²) < 4.78 is 0. The van der Waals surface area contributed by atoms with Gasteiger partial charge in [-0.05, 0) is 18.6 Å². The lowest BCUT2D eigenvalue weighted by molar-refractivity contribution is -0.121. The van der Waals surface area contributed by atoms with E-state index in [0.717, 1.165) is 12.2 Å². The molecule has 0 atom stereocenters. The van der Waals surface area contributed by atoms with E-state index in [1.54, 1.807) is 18.3 Å². The number of hydrogen-bond donors (Lipinski definition) is 1. The fourth-order valence-electron chi connectivity index (χ4n) is 1.08. The first-order valence-corrected chi connectivity index (χ1v) is 4.68. The maximum absolute atomic E-state index is 11.2. The van der Waals surface area contributed by atoms with Gasteiger partial charge >= 0.3 is 0 Å². The molecule has 1 heterocycles. The number of carbonyl (C=O) groups is 1. The van der Waals surface area contributed by atoms with E-state index >= 15 is 0 Å². The van der Waals surface area contributed by atoms with Crippen LogP contribution in [0.3, 0.4) is 0 Å². The topological polar surface area (TPSA) is 45.2 Å². The third-order valence-corrected chi connectivity index (χ3v) is 1.76. The third kappa shape index (κ3) is 3.05. The average Bonchev–Trinajstić information content (AvgIpc) is 2.19. The zero-order chi connectivity index (χ0) is 10.4. The van der Waals surface area contributed by atoms with Crippen molar-refractivity contribution in [3.63, 3.8) is 0 Å². The van der Waals surface area contributed by atoms with Gasteiger partial charge in [0.2, 0.25) is 5.91 Å². The molecule has 0 bridgehead atoms. The van der Waals surface area contributed by atoms with Crippen molar-refractivity contribution < 1.29 is 4.79 Å². The van der Waals surface area contributed by atoms with Crippen LogP contribution in [-0.4, -0.2) is 17.9 Å². The van der Waals surface area contributed by atoms with Gasteiger partial charge in [-0.1, -0.05) is 13.0 Å². The van der Waals surface area contributed by atoms with Gasteiger partial charge in [0.05, 0.1) is 0 Å². The first kappa shape index (κ1) is 10.5. The van der Waals surface area contributed by atoms with E-state index in [0.29, 0.717) is 6.42 Å². The molecule has 1 rings (SSSR count). The number of pyridine rings is 1. The molecule has 0 aliphatic carbocycles. The molecule has 0 aliphatic heterocycles. The van der Waals surface area contributed by atoms with Crippen molar-refractivity contribution in [1.29, 1.82) is 0 Å². The molecule has 1 aromatic rings. The van der Waals surface area contributed by atoms with E-state index in [2.05, 4.69) is 10.4 Å². The van der Waals surface area contributed by atoms with Gasteiger partial charge in [0.15, 0.2) is 0 Å². The maximum atomic E-state index is 11.2. The highest BCUT2D eigenvalue weighted by atomic mass is 16.2. The Morgan fingerprint density at radius 3 is 2.93 bits per heavy atom. The van der Waals surface area contributed by atoms with E-state index in [4.69, 9.17) is 0 Å². The number of hydrazine groups is 1. The summed E-state index contributed by atoms with van der Waals surface area (Å²) in [5, 5.41) is 1.62. The number of nitrogens with zero attached hydrogens (tertiary/aromatic N) is 2. The molecule has 4 heteroatoms. The van der Waals surface area contributed by atoms with Crippen molar-refractivity contribution >= 4 is 11.7 Å². The predicted molar refractivity (Wildman–Crippen MR) is 55.7 cm³/mol. The Labute approximate surface area is 83.9 Å². The molecule has 76 valence electrons. The van der Waals surface area contributed by atoms with Gasteiger partial charge in [0, 0.05) is 19.7 Å². The Kier molecular flexibility index (Phi) is 3.91. The Morgan fingerprint density at radius 1 is 1.57 bits per heavy atom. The second-order valence-corrected chi connectivity index (χ2v) is 3.03. The number of hydrogen-bond acceptors (Lipinski definition) is 3. The van der Waals surface area contributed by atoms with Crippen LogP contribution < -0.4 is 10.4 Å². The van der Waals surface area contributed by atoms with Gasteiger partial charge in [-0.15, -0.1) is 0 Å². The highest BCUT2D eigenvalue weighted by Gasteiger charge is 2.04. The Balaban J connectivity index is 2.50. The van der Waals surface area contributed by atoms with Gasteiger partial charge in [0.25, 0.3) is 0 Å². The van der Waals surface area contributed by atoms with E-state index in [9.17, 15) is 4.79 Å². The molecule has 14 heavy (non-hydrogen) atoms. The normalized spacial score (nSPS) is 9.57. The summed E-state index contributed by atoms with van der Waals surface area (Å²) in [6.45, 7) is 1.97. The number of nitrogens with one attached hydrogen (secondary N) is 1. The van der Waals surface area contributed by atoms with Gasteiger partial charge in [-0.3, -0.25) is 15.2 Å². The van der Waals surface area contributed by atoms with Gasteiger partial charge < -0.3 is 0 Å². The van der Waals surface area contributed by atoms with Crippen molar-refractivity contribution in [2.24, 2.45) is 0 Å². The van der Waals surface area contributed by atoms with Crippen LogP contribution in [0.15, 0.2) is 24.4 Å². The Hall–Kier alpha value is -1.58. The van der Waals surface area contributed by atoms with Gasteiger partial charge in [-0.25, -0.2) is 4.98 Å². The lowest BCUT2D eigenvalue weighted by Gasteiger charge is -2.18. The van der Waals surface area contributed by atoms with E-state index in [1.807, 2.05) is 25.1 Å². The predicted octanol–water partition coefficient (Wildman–Crippen LogP) is 1.35. The Bertz CT molecular complexity index is 287. The molecule has 0 aromatic carbocycles. The smallest absolute Gasteiger partial charge is 0.238 e. The summed E-state index contributed by atoms with van der Waals surface area (Å²) in [6.07, 6.45) is 3.08. The fourth-order valence-corrected chi connectivity index (χ4v) is 1.08. The molecule has 0 saturated carbocycles. The van der Waals surface area contributed by atoms with Gasteiger partial charge in [-0.2, -0.15) is 0 Å². The van der Waals surface area contributed by atoms with Crippen molar-refractivity contribution in [3.8, 4) is 0 Å². The van der Waals surface area contributed by atoms with Crippen molar-refractivity contribution in [3.05, 3.63) is 24.4 Å². The summed E-state index contributed by atoms with van der Waals surface area (Å²) >= 11 is 0. The highest BCUT2D eigenvalue weighted by Crippen LogP contribution is 2.03.